The highest BCUT2D eigenvalue weighted by atomic mass is 35.5. The van der Waals surface area contributed by atoms with Crippen molar-refractivity contribution in [2.24, 2.45) is 0 Å². The highest BCUT2D eigenvalue weighted by Gasteiger charge is 2.28. The monoisotopic (exact) mass is 479 g/mol. The number of anilines is 1. The Morgan fingerprint density at radius 3 is 2.79 bits per heavy atom. The van der Waals surface area contributed by atoms with Gasteiger partial charge in [0.1, 0.15) is 12.1 Å². The molecule has 1 aromatic carbocycles. The Bertz CT molecular complexity index is 1300. The molecule has 1 saturated carbocycles. The summed E-state index contributed by atoms with van der Waals surface area (Å²) in [5.41, 5.74) is 7.79. The van der Waals surface area contributed by atoms with Crippen LogP contribution in [0.1, 0.15) is 31.2 Å². The van der Waals surface area contributed by atoms with E-state index in [1.807, 2.05) is 33.9 Å². The summed E-state index contributed by atoms with van der Waals surface area (Å²) in [5, 5.41) is 11.8. The Balaban J connectivity index is 1.57. The van der Waals surface area contributed by atoms with Crippen molar-refractivity contribution in [3.63, 3.8) is 0 Å². The Hall–Kier alpha value is -3.12. The van der Waals surface area contributed by atoms with Gasteiger partial charge in [-0.3, -0.25) is 4.79 Å². The fourth-order valence-electron chi connectivity index (χ4n) is 4.60. The molecule has 1 aliphatic carbocycles. The van der Waals surface area contributed by atoms with Gasteiger partial charge in [-0.1, -0.05) is 23.4 Å². The van der Waals surface area contributed by atoms with Crippen LogP contribution >= 0.6 is 11.6 Å². The van der Waals surface area contributed by atoms with E-state index in [0.29, 0.717) is 49.9 Å². The lowest BCUT2D eigenvalue weighted by Gasteiger charge is -2.27. The lowest BCUT2D eigenvalue weighted by atomic mass is 10.0. The molecular weight excluding hydrogens is 454 g/mol. The molecule has 34 heavy (non-hydrogen) atoms. The number of amides is 1. The van der Waals surface area contributed by atoms with Crippen LogP contribution in [0, 0.1) is 11.8 Å². The minimum atomic E-state index is -0.918. The molecule has 2 fully saturated rings. The molecule has 5 rings (SSSR count). The number of aromatic nitrogens is 3. The van der Waals surface area contributed by atoms with Crippen LogP contribution in [-0.4, -0.2) is 62.4 Å². The first kappa shape index (κ1) is 22.7. The quantitative estimate of drug-likeness (QED) is 0.559. The van der Waals surface area contributed by atoms with Crippen LogP contribution in [-0.2, 0) is 16.1 Å². The summed E-state index contributed by atoms with van der Waals surface area (Å²) in [6, 6.07) is 5.79. The molecule has 1 saturated heterocycles. The number of morpholine rings is 1. The number of aliphatic hydroxyl groups is 1. The van der Waals surface area contributed by atoms with E-state index in [4.69, 9.17) is 22.1 Å². The van der Waals surface area contributed by atoms with Crippen LogP contribution in [0.4, 0.5) is 5.95 Å². The van der Waals surface area contributed by atoms with Gasteiger partial charge in [-0.25, -0.2) is 9.97 Å². The molecule has 3 N–H and O–H groups in total. The van der Waals surface area contributed by atoms with E-state index in [2.05, 4.69) is 21.8 Å². The van der Waals surface area contributed by atoms with Crippen LogP contribution in [0.3, 0.4) is 0 Å². The SMILES string of the molecule is Nc1ncc(Cl)c(-c2cn(CC(=O)N3CCOCC3)c3ccc(C#CC4(O)CCCC4)cc23)n1. The molecule has 9 heteroatoms. The van der Waals surface area contributed by atoms with Crippen molar-refractivity contribution in [3.8, 4) is 23.1 Å². The third kappa shape index (κ3) is 4.60. The van der Waals surface area contributed by atoms with Gasteiger partial charge >= 0.3 is 0 Å². The molecule has 8 nitrogen and oxygen atoms in total. The molecule has 0 bridgehead atoms. The Morgan fingerprint density at radius 1 is 1.26 bits per heavy atom. The van der Waals surface area contributed by atoms with Gasteiger partial charge in [0, 0.05) is 41.3 Å². The molecule has 176 valence electrons. The summed E-state index contributed by atoms with van der Waals surface area (Å²) >= 11 is 6.43. The molecule has 3 heterocycles. The van der Waals surface area contributed by atoms with Crippen LogP contribution in [0.15, 0.2) is 30.6 Å². The first-order chi connectivity index (χ1) is 16.4. The zero-order valence-corrected chi connectivity index (χ0v) is 19.5. The number of hydrogen-bond donors (Lipinski definition) is 2. The fraction of sp³-hybridized carbons (Fsp3) is 0.400. The van der Waals surface area contributed by atoms with Crippen molar-refractivity contribution in [3.05, 3.63) is 41.2 Å². The van der Waals surface area contributed by atoms with E-state index in [1.54, 1.807) is 0 Å². The van der Waals surface area contributed by atoms with Crippen molar-refractivity contribution < 1.29 is 14.6 Å². The van der Waals surface area contributed by atoms with Crippen molar-refractivity contribution >= 4 is 34.4 Å². The highest BCUT2D eigenvalue weighted by molar-refractivity contribution is 6.33. The first-order valence-corrected chi connectivity index (χ1v) is 11.8. The minimum Gasteiger partial charge on any atom is -0.378 e. The second-order valence-electron chi connectivity index (χ2n) is 8.81. The number of benzene rings is 1. The van der Waals surface area contributed by atoms with E-state index in [9.17, 15) is 9.90 Å². The largest absolute Gasteiger partial charge is 0.378 e. The van der Waals surface area contributed by atoms with Crippen molar-refractivity contribution in [2.45, 2.75) is 37.8 Å². The fourth-order valence-corrected chi connectivity index (χ4v) is 4.79. The second-order valence-corrected chi connectivity index (χ2v) is 9.22. The predicted molar refractivity (Wildman–Crippen MR) is 130 cm³/mol. The van der Waals surface area contributed by atoms with Crippen LogP contribution in [0.25, 0.3) is 22.2 Å². The molecule has 0 radical (unpaired) electrons. The average molecular weight is 480 g/mol. The van der Waals surface area contributed by atoms with Crippen LogP contribution in [0.5, 0.6) is 0 Å². The maximum Gasteiger partial charge on any atom is 0.242 e. The van der Waals surface area contributed by atoms with Crippen LogP contribution in [0.2, 0.25) is 5.02 Å². The summed E-state index contributed by atoms with van der Waals surface area (Å²) in [4.78, 5) is 23.1. The topological polar surface area (TPSA) is 106 Å². The molecule has 3 aromatic rings. The smallest absolute Gasteiger partial charge is 0.242 e. The number of rotatable bonds is 3. The van der Waals surface area contributed by atoms with Gasteiger partial charge in [-0.2, -0.15) is 0 Å². The molecule has 0 spiro atoms. The summed E-state index contributed by atoms with van der Waals surface area (Å²) in [6.07, 6.45) is 6.72. The van der Waals surface area contributed by atoms with E-state index in [-0.39, 0.29) is 18.4 Å². The van der Waals surface area contributed by atoms with E-state index >= 15 is 0 Å². The van der Waals surface area contributed by atoms with Crippen molar-refractivity contribution in [2.75, 3.05) is 32.0 Å². The second kappa shape index (κ2) is 9.26. The molecule has 2 aliphatic rings. The van der Waals surface area contributed by atoms with Gasteiger partial charge in [-0.15, -0.1) is 0 Å². The number of halogens is 1. The lowest BCUT2D eigenvalue weighted by Crippen LogP contribution is -2.42. The summed E-state index contributed by atoms with van der Waals surface area (Å²) in [6.45, 7) is 2.45. The molecular formula is C25H26ClN5O3. The maximum atomic E-state index is 13.0. The number of carbonyl (C=O) groups is 1. The average Bonchev–Trinajstić information content (AvgIpc) is 3.44. The number of nitrogens with zero attached hydrogens (tertiary/aromatic N) is 4. The third-order valence-electron chi connectivity index (χ3n) is 6.44. The van der Waals surface area contributed by atoms with Crippen molar-refractivity contribution in [1.29, 1.82) is 0 Å². The van der Waals surface area contributed by atoms with Gasteiger partial charge in [0.2, 0.25) is 11.9 Å². The predicted octanol–water partition coefficient (Wildman–Crippen LogP) is 2.85. The number of hydrogen-bond acceptors (Lipinski definition) is 6. The summed E-state index contributed by atoms with van der Waals surface area (Å²) < 4.78 is 7.27. The number of nitrogen functional groups attached to an aromatic ring is 1. The van der Waals surface area contributed by atoms with Gasteiger partial charge in [0.15, 0.2) is 0 Å². The first-order valence-electron chi connectivity index (χ1n) is 11.4. The van der Waals surface area contributed by atoms with Gasteiger partial charge in [0.05, 0.1) is 30.1 Å². The zero-order chi connectivity index (χ0) is 23.7. The number of ether oxygens (including phenoxy) is 1. The normalized spacial score (nSPS) is 17.5. The molecule has 2 aromatic heterocycles. The summed E-state index contributed by atoms with van der Waals surface area (Å²) in [5.74, 6) is 6.33. The van der Waals surface area contributed by atoms with Gasteiger partial charge < -0.3 is 25.0 Å². The molecule has 0 atom stereocenters. The van der Waals surface area contributed by atoms with E-state index in [1.165, 1.54) is 6.20 Å². The van der Waals surface area contributed by atoms with Gasteiger partial charge in [-0.05, 0) is 43.9 Å². The highest BCUT2D eigenvalue weighted by Crippen LogP contribution is 2.35. The Labute approximate surface area is 202 Å². The lowest BCUT2D eigenvalue weighted by molar-refractivity contribution is -0.135. The summed E-state index contributed by atoms with van der Waals surface area (Å²) in [7, 11) is 0. The minimum absolute atomic E-state index is 0.0207. The zero-order valence-electron chi connectivity index (χ0n) is 18.8. The third-order valence-corrected chi connectivity index (χ3v) is 6.72. The molecule has 0 unspecified atom stereocenters. The number of carbonyl (C=O) groups excluding carboxylic acids is 1. The van der Waals surface area contributed by atoms with E-state index < -0.39 is 5.60 Å². The van der Waals surface area contributed by atoms with Gasteiger partial charge in [0.25, 0.3) is 0 Å². The standard InChI is InChI=1S/C25H26ClN5O3/c26-20-14-28-24(27)29-23(20)19-15-31(16-22(32)30-9-11-34-12-10-30)21-4-3-17(13-18(19)21)5-8-25(33)6-1-2-7-25/h3-4,13-15,33H,1-2,6-7,9-12,16H2,(H2,27,28,29). The van der Waals surface area contributed by atoms with Crippen LogP contribution < -0.4 is 5.73 Å². The molecule has 1 amide bonds. The number of nitrogens with two attached hydrogens (primary N) is 1. The number of fused-ring (bicyclic) bond motifs is 1. The van der Waals surface area contributed by atoms with Crippen molar-refractivity contribution in [1.82, 2.24) is 19.4 Å². The Kier molecular flexibility index (Phi) is 6.17. The van der Waals surface area contributed by atoms with E-state index in [0.717, 1.165) is 34.9 Å². The Morgan fingerprint density at radius 2 is 2.03 bits per heavy atom. The molecule has 1 aliphatic heterocycles. The maximum absolute atomic E-state index is 13.0.